The molecule has 3 rings (SSSR count). The van der Waals surface area contributed by atoms with E-state index in [2.05, 4.69) is 59.8 Å². The van der Waals surface area contributed by atoms with E-state index < -0.39 is 0 Å². The number of hydrogen-bond donors (Lipinski definition) is 2. The Bertz CT molecular complexity index is 784. The zero-order valence-electron chi connectivity index (χ0n) is 21.8. The lowest BCUT2D eigenvalue weighted by Crippen LogP contribution is -2.43. The van der Waals surface area contributed by atoms with Gasteiger partial charge in [0.05, 0.1) is 18.8 Å². The predicted molar refractivity (Wildman–Crippen MR) is 140 cm³/mol. The molecule has 0 amide bonds. The first-order valence-corrected chi connectivity index (χ1v) is 13.7. The number of ether oxygens (including phenoxy) is 2. The van der Waals surface area contributed by atoms with Crippen LogP contribution in [0.3, 0.4) is 0 Å². The number of unbranched alkanes of at least 4 members (excludes halogenated alkanes) is 2. The van der Waals surface area contributed by atoms with E-state index in [1.54, 1.807) is 0 Å². The van der Waals surface area contributed by atoms with Gasteiger partial charge in [-0.3, -0.25) is 10.2 Å². The number of nitrogens with one attached hydrogen (secondary N) is 2. The van der Waals surface area contributed by atoms with Gasteiger partial charge in [0.1, 0.15) is 6.17 Å². The lowest BCUT2D eigenvalue weighted by molar-refractivity contribution is -0.137. The molecule has 4 atom stereocenters. The van der Waals surface area contributed by atoms with E-state index >= 15 is 0 Å². The highest BCUT2D eigenvalue weighted by Gasteiger charge is 2.28. The Kier molecular flexibility index (Phi) is 12.1. The molecule has 1 aliphatic carbocycles. The van der Waals surface area contributed by atoms with Crippen LogP contribution in [0, 0.1) is 41.4 Å². The van der Waals surface area contributed by atoms with Gasteiger partial charge in [-0.25, -0.2) is 4.79 Å². The van der Waals surface area contributed by atoms with Gasteiger partial charge in [-0.2, -0.15) is 0 Å². The Morgan fingerprint density at radius 1 is 1.06 bits per heavy atom. The summed E-state index contributed by atoms with van der Waals surface area (Å²) in [6.07, 6.45) is 11.4. The first-order valence-electron chi connectivity index (χ1n) is 13.7. The molecule has 6 heteroatoms. The summed E-state index contributed by atoms with van der Waals surface area (Å²) in [5, 5.41) is 7.09. The van der Waals surface area contributed by atoms with Gasteiger partial charge < -0.3 is 14.8 Å². The standard InChI is InChI=1S/C29H45N3O3/c1-4-24-21-26(13-16-28-30-17-18-32(28)3)31-22-25(24)12-9-23-10-14-27(15-11-23)34-19-7-6-8-20-35-29(33)5-2/h5,23-28,30-31H,2,4,6-8,10-11,14-15,17-22H2,1,3H3. The Morgan fingerprint density at radius 2 is 1.86 bits per heavy atom. The molecule has 3 fully saturated rings. The van der Waals surface area contributed by atoms with Gasteiger partial charge >= 0.3 is 5.97 Å². The summed E-state index contributed by atoms with van der Waals surface area (Å²) in [5.74, 6) is 15.4. The third-order valence-electron chi connectivity index (χ3n) is 7.55. The summed E-state index contributed by atoms with van der Waals surface area (Å²) < 4.78 is 11.1. The fraction of sp³-hybridized carbons (Fsp3) is 0.759. The van der Waals surface area contributed by atoms with Gasteiger partial charge in [-0.1, -0.05) is 43.6 Å². The van der Waals surface area contributed by atoms with Crippen LogP contribution in [-0.4, -0.2) is 69.1 Å². The lowest BCUT2D eigenvalue weighted by Gasteiger charge is -2.32. The minimum absolute atomic E-state index is 0.197. The summed E-state index contributed by atoms with van der Waals surface area (Å²) in [5.41, 5.74) is 0. The molecule has 0 radical (unpaired) electrons. The molecule has 2 saturated heterocycles. The molecule has 1 saturated carbocycles. The predicted octanol–water partition coefficient (Wildman–Crippen LogP) is 3.33. The van der Waals surface area contributed by atoms with Crippen molar-refractivity contribution in [3.8, 4) is 23.7 Å². The molecular formula is C29H45N3O3. The highest BCUT2D eigenvalue weighted by Crippen LogP contribution is 2.28. The molecule has 0 bridgehead atoms. The molecule has 2 aliphatic heterocycles. The Labute approximate surface area is 212 Å². The van der Waals surface area contributed by atoms with Gasteiger partial charge in [0.2, 0.25) is 0 Å². The van der Waals surface area contributed by atoms with Crippen molar-refractivity contribution in [2.24, 2.45) is 17.8 Å². The normalized spacial score (nSPS) is 31.0. The highest BCUT2D eigenvalue weighted by atomic mass is 16.5. The zero-order valence-corrected chi connectivity index (χ0v) is 21.8. The summed E-state index contributed by atoms with van der Waals surface area (Å²) >= 11 is 0. The largest absolute Gasteiger partial charge is 0.463 e. The number of carbonyl (C=O) groups excluding carboxylic acids is 1. The number of rotatable bonds is 9. The number of carbonyl (C=O) groups is 1. The first-order chi connectivity index (χ1) is 17.1. The number of likely N-dealkylation sites (N-methyl/N-ethyl adjacent to an activating group) is 1. The van der Waals surface area contributed by atoms with Crippen molar-refractivity contribution in [3.05, 3.63) is 12.7 Å². The minimum Gasteiger partial charge on any atom is -0.463 e. The van der Waals surface area contributed by atoms with Crippen molar-refractivity contribution < 1.29 is 14.3 Å². The first kappa shape index (κ1) is 27.8. The van der Waals surface area contributed by atoms with Crippen molar-refractivity contribution in [1.29, 1.82) is 0 Å². The summed E-state index contributed by atoms with van der Waals surface area (Å²) in [7, 11) is 2.13. The summed E-state index contributed by atoms with van der Waals surface area (Å²) in [4.78, 5) is 13.3. The second-order valence-corrected chi connectivity index (χ2v) is 10.2. The topological polar surface area (TPSA) is 62.8 Å². The third kappa shape index (κ3) is 9.62. The maximum absolute atomic E-state index is 11.0. The number of esters is 1. The van der Waals surface area contributed by atoms with Crippen LogP contribution in [0.15, 0.2) is 12.7 Å². The monoisotopic (exact) mass is 483 g/mol. The number of hydrogen-bond acceptors (Lipinski definition) is 6. The van der Waals surface area contributed by atoms with Crippen LogP contribution in [0.4, 0.5) is 0 Å². The van der Waals surface area contributed by atoms with Gasteiger partial charge in [-0.15, -0.1) is 0 Å². The fourth-order valence-corrected chi connectivity index (χ4v) is 5.18. The molecule has 6 nitrogen and oxygen atoms in total. The quantitative estimate of drug-likeness (QED) is 0.227. The third-order valence-corrected chi connectivity index (χ3v) is 7.55. The van der Waals surface area contributed by atoms with Crippen LogP contribution < -0.4 is 10.6 Å². The molecule has 2 N–H and O–H groups in total. The molecule has 4 unspecified atom stereocenters. The van der Waals surface area contributed by atoms with E-state index in [-0.39, 0.29) is 18.2 Å². The van der Waals surface area contributed by atoms with Crippen molar-refractivity contribution in [2.45, 2.75) is 83.0 Å². The molecule has 3 aliphatic rings. The molecule has 0 aromatic rings. The van der Waals surface area contributed by atoms with Crippen molar-refractivity contribution >= 4 is 5.97 Å². The zero-order chi connectivity index (χ0) is 24.9. The second kappa shape index (κ2) is 15.3. The molecule has 0 aromatic carbocycles. The van der Waals surface area contributed by atoms with Crippen LogP contribution in [0.2, 0.25) is 0 Å². The second-order valence-electron chi connectivity index (χ2n) is 10.2. The van der Waals surface area contributed by atoms with E-state index in [0.717, 1.165) is 84.0 Å². The maximum atomic E-state index is 11.0. The smallest absolute Gasteiger partial charge is 0.330 e. The van der Waals surface area contributed by atoms with E-state index in [1.165, 1.54) is 6.08 Å². The molecule has 0 aromatic heterocycles. The van der Waals surface area contributed by atoms with Crippen LogP contribution >= 0.6 is 0 Å². The van der Waals surface area contributed by atoms with Crippen molar-refractivity contribution in [1.82, 2.24) is 15.5 Å². The van der Waals surface area contributed by atoms with E-state index in [9.17, 15) is 4.79 Å². The number of piperidine rings is 1. The molecule has 194 valence electrons. The van der Waals surface area contributed by atoms with Gasteiger partial charge in [0, 0.05) is 44.2 Å². The average molecular weight is 484 g/mol. The molecular weight excluding hydrogens is 438 g/mol. The van der Waals surface area contributed by atoms with Gasteiger partial charge in [0.15, 0.2) is 0 Å². The Morgan fingerprint density at radius 3 is 2.57 bits per heavy atom. The van der Waals surface area contributed by atoms with Crippen LogP contribution in [0.1, 0.15) is 64.7 Å². The van der Waals surface area contributed by atoms with E-state index in [0.29, 0.717) is 30.5 Å². The summed E-state index contributed by atoms with van der Waals surface area (Å²) in [6, 6.07) is 0.281. The number of nitrogens with zero attached hydrogens (tertiary/aromatic N) is 1. The van der Waals surface area contributed by atoms with Crippen LogP contribution in [-0.2, 0) is 14.3 Å². The van der Waals surface area contributed by atoms with E-state index in [1.807, 2.05) is 0 Å². The molecule has 2 heterocycles. The van der Waals surface area contributed by atoms with Crippen molar-refractivity contribution in [2.75, 3.05) is 39.9 Å². The summed E-state index contributed by atoms with van der Waals surface area (Å²) in [6.45, 7) is 9.98. The molecule has 35 heavy (non-hydrogen) atoms. The van der Waals surface area contributed by atoms with E-state index in [4.69, 9.17) is 9.47 Å². The van der Waals surface area contributed by atoms with Gasteiger partial charge in [0.25, 0.3) is 0 Å². The lowest BCUT2D eigenvalue weighted by atomic mass is 9.80. The average Bonchev–Trinajstić information content (AvgIpc) is 3.30. The minimum atomic E-state index is -0.343. The van der Waals surface area contributed by atoms with Crippen LogP contribution in [0.5, 0.6) is 0 Å². The molecule has 0 spiro atoms. The Balaban J connectivity index is 1.30. The van der Waals surface area contributed by atoms with Gasteiger partial charge in [-0.05, 0) is 64.3 Å². The highest BCUT2D eigenvalue weighted by molar-refractivity contribution is 5.81. The Hall–Kier alpha value is -1.83. The fourth-order valence-electron chi connectivity index (χ4n) is 5.18. The SMILES string of the molecule is C=CC(=O)OCCCCCOC1CCC(C#CC2CNC(C#CC3NCCN3C)CC2CC)CC1. The van der Waals surface area contributed by atoms with Crippen molar-refractivity contribution in [3.63, 3.8) is 0 Å². The van der Waals surface area contributed by atoms with Crippen LogP contribution in [0.25, 0.3) is 0 Å². The maximum Gasteiger partial charge on any atom is 0.330 e.